The van der Waals surface area contributed by atoms with E-state index in [2.05, 4.69) is 316 Å². The molecule has 0 saturated heterocycles. The van der Waals surface area contributed by atoms with E-state index in [9.17, 15) is 22.8 Å². The van der Waals surface area contributed by atoms with Crippen LogP contribution in [-0.2, 0) is 94.6 Å². The second-order valence-corrected chi connectivity index (χ2v) is 34.0. The second-order valence-electron chi connectivity index (χ2n) is 34.0. The van der Waals surface area contributed by atoms with Gasteiger partial charge < -0.3 is 30.1 Å². The number of halogens is 3. The number of imidazole rings is 1. The first-order valence-corrected chi connectivity index (χ1v) is 44.6. The Hall–Kier alpha value is -14.4. The number of fused-ring (bicyclic) bond motifs is 10. The molecular formula is C121H103F3Ir3N8O4-2. The Morgan fingerprint density at radius 3 is 1.67 bits per heavy atom. The summed E-state index contributed by atoms with van der Waals surface area (Å²) < 4.78 is 44.7. The average Bonchev–Trinajstić information content (AvgIpc) is 1.52. The van der Waals surface area contributed by atoms with Crippen molar-refractivity contribution in [2.45, 2.75) is 101 Å². The molecule has 3 aliphatic rings. The molecule has 0 unspecified atom stereocenters. The van der Waals surface area contributed by atoms with Gasteiger partial charge in [-0.15, -0.1) is 137 Å². The number of para-hydroxylation sites is 3. The molecule has 18 heteroatoms. The van der Waals surface area contributed by atoms with Gasteiger partial charge in [0.15, 0.2) is 30.0 Å². The van der Waals surface area contributed by atoms with Crippen molar-refractivity contribution in [3.63, 3.8) is 0 Å². The smallest absolute Gasteiger partial charge is 0.381 e. The first-order chi connectivity index (χ1) is 65.3. The number of aromatic nitrogens is 7. The van der Waals surface area contributed by atoms with Crippen LogP contribution in [0.2, 0.25) is 0 Å². The Balaban J connectivity index is 0.000000146. The Morgan fingerprint density at radius 1 is 0.468 bits per heavy atom. The minimum absolute atomic E-state index is 0. The summed E-state index contributed by atoms with van der Waals surface area (Å²) in [5, 5.41) is 26.8. The number of rotatable bonds is 9. The molecule has 7 aromatic heterocycles. The molecule has 0 fully saturated rings. The summed E-state index contributed by atoms with van der Waals surface area (Å²) in [5.41, 5.74) is 29.5. The van der Waals surface area contributed by atoms with Gasteiger partial charge in [0, 0.05) is 142 Å². The van der Waals surface area contributed by atoms with Gasteiger partial charge in [-0.1, -0.05) is 209 Å². The molecule has 701 valence electrons. The van der Waals surface area contributed by atoms with Gasteiger partial charge in [0.1, 0.15) is 18.3 Å². The summed E-state index contributed by atoms with van der Waals surface area (Å²) in [6.45, 7) is 20.8. The number of alkyl halides is 3. The summed E-state index contributed by atoms with van der Waals surface area (Å²) in [5.74, 6) is -0.125. The first kappa shape index (κ1) is 103. The molecule has 2 N–H and O–H groups in total. The molecule has 2 aliphatic heterocycles. The Bertz CT molecular complexity index is 7690. The predicted octanol–water partition coefficient (Wildman–Crippen LogP) is 29.3. The molecular weight excluding hydrogens is 2260 g/mol. The second kappa shape index (κ2) is 46.6. The van der Waals surface area contributed by atoms with Crippen molar-refractivity contribution in [1.82, 2.24) is 24.3 Å². The van der Waals surface area contributed by atoms with Crippen LogP contribution in [-0.4, -0.2) is 46.1 Å². The SMILES string of the molecule is C.CC(=O)C=C(C)O.CC(=O)C=C(C)O.CC1(C)c2ccc[c-]c2-c2nccc3cccc1c23.Cc1ccc(-c2[c-]cccc2)nc1.Cc1ccc2c(c1)c1cccc3c1c1n2c(-c2c(C)cccc2C)c[n+]1C3.FC(F)(F)c1c[c-]c(-c2ccc3ccccc3n2)cc1.[Ir].[Ir].[Ir].[c-]1ccccc1-c1nccc2ccccc12.c1ccc(N(c2ccccc2)c2cc[n+]3c(c2)-c2ccccc2C3)cc1. The molecule has 0 amide bonds. The molecule has 13 aromatic carbocycles. The number of aliphatic hydroxyl groups excluding tert-OH is 2. The molecule has 0 bridgehead atoms. The van der Waals surface area contributed by atoms with Gasteiger partial charge in [0.2, 0.25) is 5.69 Å². The fraction of sp³-hybridized carbons (Fsp3) is 0.124. The monoisotopic (exact) mass is 2370 g/mol. The van der Waals surface area contributed by atoms with Crippen molar-refractivity contribution in [3.8, 4) is 67.5 Å². The summed E-state index contributed by atoms with van der Waals surface area (Å²) in [6, 6.07) is 126. The molecule has 0 atom stereocenters. The van der Waals surface area contributed by atoms with Gasteiger partial charge >= 0.3 is 6.18 Å². The van der Waals surface area contributed by atoms with E-state index in [1.165, 1.54) is 167 Å². The zero-order chi connectivity index (χ0) is 94.4. The molecule has 0 saturated carbocycles. The number of hydrogen-bond acceptors (Lipinski definition) is 9. The van der Waals surface area contributed by atoms with Crippen molar-refractivity contribution >= 4 is 88.4 Å². The van der Waals surface area contributed by atoms with E-state index in [0.29, 0.717) is 11.3 Å². The summed E-state index contributed by atoms with van der Waals surface area (Å²) in [6.07, 6.45) is 8.15. The van der Waals surface area contributed by atoms with E-state index in [1.807, 2.05) is 135 Å². The minimum Gasteiger partial charge on any atom is -0.512 e. The van der Waals surface area contributed by atoms with Crippen molar-refractivity contribution in [2.24, 2.45) is 0 Å². The van der Waals surface area contributed by atoms with Gasteiger partial charge in [-0.3, -0.25) is 14.6 Å². The quantitative estimate of drug-likeness (QED) is 0.0475. The van der Waals surface area contributed by atoms with Crippen LogP contribution >= 0.6 is 0 Å². The van der Waals surface area contributed by atoms with Crippen LogP contribution in [0.25, 0.3) is 127 Å². The number of carbonyl (C=O) groups is 2. The number of benzene rings is 13. The Labute approximate surface area is 850 Å². The molecule has 23 rings (SSSR count). The first-order valence-electron chi connectivity index (χ1n) is 44.6. The number of allylic oxidation sites excluding steroid dienone is 4. The maximum atomic E-state index is 12.5. The molecule has 3 radical (unpaired) electrons. The molecule has 1 aliphatic carbocycles. The molecule has 12 nitrogen and oxygen atoms in total. The summed E-state index contributed by atoms with van der Waals surface area (Å²) in [4.78, 5) is 40.1. The van der Waals surface area contributed by atoms with Gasteiger partial charge in [-0.25, -0.2) is 4.57 Å². The third kappa shape index (κ3) is 23.9. The van der Waals surface area contributed by atoms with Crippen LogP contribution in [0, 0.1) is 52.0 Å². The average molecular weight is 2370 g/mol. The van der Waals surface area contributed by atoms with Gasteiger partial charge in [-0.2, -0.15) is 22.1 Å². The summed E-state index contributed by atoms with van der Waals surface area (Å²) in [7, 11) is 0. The van der Waals surface area contributed by atoms with Crippen molar-refractivity contribution < 1.29 is 102 Å². The topological polar surface area (TPSA) is 142 Å². The fourth-order valence-corrected chi connectivity index (χ4v) is 17.6. The number of hydrogen-bond donors (Lipinski definition) is 2. The number of aliphatic hydroxyl groups is 2. The normalized spacial score (nSPS) is 11.7. The van der Waals surface area contributed by atoms with Gasteiger partial charge in [0.05, 0.1) is 33.7 Å². The minimum atomic E-state index is -4.34. The Kier molecular flexibility index (Phi) is 34.7. The van der Waals surface area contributed by atoms with Crippen LogP contribution in [0.15, 0.2) is 394 Å². The van der Waals surface area contributed by atoms with E-state index >= 15 is 0 Å². The number of carbonyl (C=O) groups excluding carboxylic acids is 2. The van der Waals surface area contributed by atoms with Crippen molar-refractivity contribution in [3.05, 3.63) is 469 Å². The van der Waals surface area contributed by atoms with Crippen LogP contribution in [0.1, 0.15) is 99.0 Å². The van der Waals surface area contributed by atoms with Crippen molar-refractivity contribution in [2.75, 3.05) is 4.90 Å². The predicted molar refractivity (Wildman–Crippen MR) is 546 cm³/mol. The zero-order valence-corrected chi connectivity index (χ0v) is 84.9. The number of nitrogens with zero attached hydrogens (tertiary/aromatic N) is 8. The fourth-order valence-electron chi connectivity index (χ4n) is 17.6. The number of anilines is 3. The number of ketones is 2. The maximum absolute atomic E-state index is 12.5. The van der Waals surface area contributed by atoms with E-state index in [-0.39, 0.29) is 96.2 Å². The Morgan fingerprint density at radius 2 is 1.03 bits per heavy atom. The van der Waals surface area contributed by atoms with Crippen LogP contribution in [0.5, 0.6) is 0 Å². The largest absolute Gasteiger partial charge is 0.512 e. The summed E-state index contributed by atoms with van der Waals surface area (Å²) >= 11 is 0. The maximum Gasteiger partial charge on any atom is 0.381 e. The van der Waals surface area contributed by atoms with Gasteiger partial charge in [0.25, 0.3) is 5.65 Å². The van der Waals surface area contributed by atoms with E-state index in [1.54, 1.807) is 6.07 Å². The van der Waals surface area contributed by atoms with Gasteiger partial charge in [-0.05, 0) is 199 Å². The standard InChI is InChI=1S/C25H21N2.C24H19N2.C18H14N.C16H9F3N.C15H10N.C12H10N.2C5H8O2.CH4.3Ir/c1-15-10-11-21-20(12-15)19-9-5-8-18-13-26-14-22(27(21)25(26)24(18)19)23-16(2)6-4-7-17(23)3;1-3-10-20(11-4-1)26(21-12-5-2-6-13-21)22-15-16-25-18-19-9-7-8-14-23(19)24(25)17-22;1-18(2)14-8-4-3-7-13(14)17-16-12(10-11-19-17)6-5-9-15(16)18;17-16(18,19)13-8-5-12(6-9-13)15-10-7-11-3-1-2-4-14(11)20-15;1-2-7-13(8-3-1)15-14-9-5-4-6-12(14)10-11-16-15;1-10-7-8-12(13-9-10)11-5-3-2-4-6-11;2*1-4(6)3-5(2)7;;;;/h4-12,14H,13H2,1-3H3;1-17H,18H2;3-6,8-11H,1-2H3;1-5,7-10H;1-7,9-11H;2-5,7-9H,1H3;2*3,6H,1-2H3;1H4;;;/q2*+1;4*-1;;;;;;. The number of pyridine rings is 6. The van der Waals surface area contributed by atoms with E-state index < -0.39 is 11.7 Å². The third-order valence-electron chi connectivity index (χ3n) is 23.7. The molecule has 20 aromatic rings. The van der Waals surface area contributed by atoms with Crippen molar-refractivity contribution in [1.29, 1.82) is 0 Å². The molecule has 0 spiro atoms. The van der Waals surface area contributed by atoms with Crippen LogP contribution in [0.3, 0.4) is 0 Å². The van der Waals surface area contributed by atoms with Crippen LogP contribution in [0.4, 0.5) is 30.2 Å². The van der Waals surface area contributed by atoms with E-state index in [4.69, 9.17) is 10.2 Å². The number of aryl methyl sites for hydroxylation is 4. The molecule has 9 heterocycles. The zero-order valence-electron chi connectivity index (χ0n) is 77.7. The third-order valence-corrected chi connectivity index (χ3v) is 23.7. The van der Waals surface area contributed by atoms with Crippen LogP contribution < -0.4 is 14.0 Å². The molecule has 139 heavy (non-hydrogen) atoms. The van der Waals surface area contributed by atoms with E-state index in [0.717, 1.165) is 81.3 Å².